The van der Waals surface area contributed by atoms with E-state index in [0.29, 0.717) is 27.1 Å². The van der Waals surface area contributed by atoms with Crippen molar-refractivity contribution in [3.8, 4) is 17.6 Å². The summed E-state index contributed by atoms with van der Waals surface area (Å²) < 4.78 is 6.37. The molecule has 2 rings (SSSR count). The summed E-state index contributed by atoms with van der Waals surface area (Å²) in [5.41, 5.74) is 1.15. The number of ether oxygens (including phenoxy) is 1. The van der Waals surface area contributed by atoms with Gasteiger partial charge in [-0.25, -0.2) is 0 Å². The van der Waals surface area contributed by atoms with E-state index in [1.807, 2.05) is 0 Å². The third-order valence-corrected chi connectivity index (χ3v) is 3.15. The molecule has 0 radical (unpaired) electrons. The van der Waals surface area contributed by atoms with E-state index in [4.69, 9.17) is 10.00 Å². The Balaban J connectivity index is 2.28. The topological polar surface area (TPSA) is 50.1 Å². The maximum Gasteiger partial charge on any atom is 0.159 e. The van der Waals surface area contributed by atoms with Crippen LogP contribution in [0.5, 0.6) is 11.5 Å². The van der Waals surface area contributed by atoms with Crippen LogP contribution in [0.4, 0.5) is 0 Å². The number of rotatable bonds is 3. The largest absolute Gasteiger partial charge is 0.456 e. The Morgan fingerprint density at radius 3 is 2.68 bits per heavy atom. The summed E-state index contributed by atoms with van der Waals surface area (Å²) in [5, 5.41) is 8.83. The maximum atomic E-state index is 11.3. The average Bonchev–Trinajstić information content (AvgIpc) is 2.41. The Bertz CT molecular complexity index is 674. The predicted molar refractivity (Wildman–Crippen MR) is 75.4 cm³/mol. The number of carbonyl (C=O) groups is 1. The molecule has 0 amide bonds. The van der Waals surface area contributed by atoms with Crippen molar-refractivity contribution in [3.63, 3.8) is 0 Å². The molecule has 0 fully saturated rings. The summed E-state index contributed by atoms with van der Waals surface area (Å²) >= 11 is 3.37. The monoisotopic (exact) mass is 315 g/mol. The van der Waals surface area contributed by atoms with E-state index in [1.54, 1.807) is 42.5 Å². The number of Topliss-reactive ketones (excluding diaryl/α,β-unsaturated/α-hetero) is 1. The van der Waals surface area contributed by atoms with Gasteiger partial charge in [-0.15, -0.1) is 0 Å². The Morgan fingerprint density at radius 2 is 2.05 bits per heavy atom. The van der Waals surface area contributed by atoms with Crippen LogP contribution in [0.25, 0.3) is 0 Å². The minimum absolute atomic E-state index is 0.00118. The summed E-state index contributed by atoms with van der Waals surface area (Å²) in [7, 11) is 0. The van der Waals surface area contributed by atoms with Crippen molar-refractivity contribution in [2.45, 2.75) is 6.92 Å². The molecule has 0 aromatic heterocycles. The second-order valence-corrected chi connectivity index (χ2v) is 4.80. The van der Waals surface area contributed by atoms with Crippen LogP contribution in [-0.4, -0.2) is 5.78 Å². The van der Waals surface area contributed by atoms with Crippen molar-refractivity contribution in [2.75, 3.05) is 0 Å². The van der Waals surface area contributed by atoms with E-state index >= 15 is 0 Å². The molecule has 0 spiro atoms. The third kappa shape index (κ3) is 3.21. The molecular weight excluding hydrogens is 306 g/mol. The number of benzene rings is 2. The minimum Gasteiger partial charge on any atom is -0.456 e. The lowest BCUT2D eigenvalue weighted by Gasteiger charge is -2.08. The average molecular weight is 316 g/mol. The molecule has 94 valence electrons. The van der Waals surface area contributed by atoms with Crippen LogP contribution in [0.15, 0.2) is 46.9 Å². The van der Waals surface area contributed by atoms with Crippen LogP contribution < -0.4 is 4.74 Å². The molecule has 0 aliphatic heterocycles. The van der Waals surface area contributed by atoms with Gasteiger partial charge in [-0.3, -0.25) is 4.79 Å². The SMILES string of the molecule is CC(=O)c1ccc(Oc2cccc(C#N)c2)c(Br)c1. The number of hydrogen-bond acceptors (Lipinski definition) is 3. The molecule has 0 atom stereocenters. The second-order valence-electron chi connectivity index (χ2n) is 3.94. The highest BCUT2D eigenvalue weighted by molar-refractivity contribution is 9.10. The van der Waals surface area contributed by atoms with Crippen molar-refractivity contribution in [1.82, 2.24) is 0 Å². The standard InChI is InChI=1S/C15H10BrNO2/c1-10(18)12-5-6-15(14(16)8-12)19-13-4-2-3-11(7-13)9-17/h2-8H,1H3. The summed E-state index contributed by atoms with van der Waals surface area (Å²) in [4.78, 5) is 11.3. The third-order valence-electron chi connectivity index (χ3n) is 2.53. The second kappa shape index (κ2) is 5.68. The number of hydrogen-bond donors (Lipinski definition) is 0. The van der Waals surface area contributed by atoms with Gasteiger partial charge in [-0.05, 0) is 59.3 Å². The van der Waals surface area contributed by atoms with E-state index < -0.39 is 0 Å². The highest BCUT2D eigenvalue weighted by Gasteiger charge is 2.07. The Labute approximate surface area is 119 Å². The van der Waals surface area contributed by atoms with Gasteiger partial charge in [0.15, 0.2) is 5.78 Å². The summed E-state index contributed by atoms with van der Waals surface area (Å²) in [6.45, 7) is 1.51. The molecule has 0 saturated heterocycles. The molecule has 3 nitrogen and oxygen atoms in total. The number of ketones is 1. The highest BCUT2D eigenvalue weighted by Crippen LogP contribution is 2.30. The first-order chi connectivity index (χ1) is 9.10. The van der Waals surface area contributed by atoms with E-state index in [0.717, 1.165) is 0 Å². The predicted octanol–water partition coefficient (Wildman–Crippen LogP) is 4.32. The molecule has 4 heteroatoms. The molecule has 0 unspecified atom stereocenters. The number of halogens is 1. The smallest absolute Gasteiger partial charge is 0.159 e. The fraction of sp³-hybridized carbons (Fsp3) is 0.0667. The van der Waals surface area contributed by atoms with E-state index in [1.165, 1.54) is 6.92 Å². The first-order valence-corrected chi connectivity index (χ1v) is 6.38. The van der Waals surface area contributed by atoms with Gasteiger partial charge < -0.3 is 4.74 Å². The van der Waals surface area contributed by atoms with Gasteiger partial charge in [0.25, 0.3) is 0 Å². The first-order valence-electron chi connectivity index (χ1n) is 5.58. The Hall–Kier alpha value is -2.12. The van der Waals surface area contributed by atoms with Gasteiger partial charge in [-0.1, -0.05) is 6.07 Å². The van der Waals surface area contributed by atoms with Gasteiger partial charge in [0.05, 0.1) is 16.1 Å². The molecule has 0 saturated carbocycles. The summed E-state index contributed by atoms with van der Waals surface area (Å²) in [6.07, 6.45) is 0. The van der Waals surface area contributed by atoms with E-state index in [-0.39, 0.29) is 5.78 Å². The maximum absolute atomic E-state index is 11.3. The summed E-state index contributed by atoms with van der Waals surface area (Å²) in [5.74, 6) is 1.18. The van der Waals surface area contributed by atoms with Crippen LogP contribution in [0.3, 0.4) is 0 Å². The van der Waals surface area contributed by atoms with E-state index in [2.05, 4.69) is 22.0 Å². The normalized spacial score (nSPS) is 9.74. The Morgan fingerprint density at radius 1 is 1.26 bits per heavy atom. The summed E-state index contributed by atoms with van der Waals surface area (Å²) in [6, 6.07) is 14.1. The fourth-order valence-electron chi connectivity index (χ4n) is 1.56. The molecule has 2 aromatic rings. The van der Waals surface area contributed by atoms with Crippen LogP contribution in [-0.2, 0) is 0 Å². The van der Waals surface area contributed by atoms with Crippen LogP contribution >= 0.6 is 15.9 Å². The van der Waals surface area contributed by atoms with Crippen LogP contribution in [0, 0.1) is 11.3 Å². The van der Waals surface area contributed by atoms with Crippen LogP contribution in [0.2, 0.25) is 0 Å². The van der Waals surface area contributed by atoms with Crippen LogP contribution in [0.1, 0.15) is 22.8 Å². The molecular formula is C15H10BrNO2. The highest BCUT2D eigenvalue weighted by atomic mass is 79.9. The molecule has 0 aliphatic carbocycles. The number of nitriles is 1. The van der Waals surface area contributed by atoms with Crippen molar-refractivity contribution < 1.29 is 9.53 Å². The Kier molecular flexibility index (Phi) is 3.98. The lowest BCUT2D eigenvalue weighted by molar-refractivity contribution is 0.101. The van der Waals surface area contributed by atoms with Crippen molar-refractivity contribution >= 4 is 21.7 Å². The van der Waals surface area contributed by atoms with Gasteiger partial charge in [-0.2, -0.15) is 5.26 Å². The zero-order valence-electron chi connectivity index (χ0n) is 10.2. The molecule has 0 bridgehead atoms. The number of carbonyl (C=O) groups excluding carboxylic acids is 1. The fourth-order valence-corrected chi connectivity index (χ4v) is 2.02. The first kappa shape index (κ1) is 13.3. The van der Waals surface area contributed by atoms with Crippen molar-refractivity contribution in [3.05, 3.63) is 58.1 Å². The lowest BCUT2D eigenvalue weighted by atomic mass is 10.1. The number of nitrogens with zero attached hydrogens (tertiary/aromatic N) is 1. The van der Waals surface area contributed by atoms with Crippen molar-refractivity contribution in [1.29, 1.82) is 5.26 Å². The molecule has 19 heavy (non-hydrogen) atoms. The van der Waals surface area contributed by atoms with E-state index in [9.17, 15) is 4.79 Å². The minimum atomic E-state index is -0.00118. The quantitative estimate of drug-likeness (QED) is 0.793. The molecule has 0 heterocycles. The van der Waals surface area contributed by atoms with Gasteiger partial charge in [0.2, 0.25) is 0 Å². The lowest BCUT2D eigenvalue weighted by Crippen LogP contribution is -1.93. The van der Waals surface area contributed by atoms with Gasteiger partial charge in [0.1, 0.15) is 11.5 Å². The molecule has 2 aromatic carbocycles. The van der Waals surface area contributed by atoms with Gasteiger partial charge >= 0.3 is 0 Å². The molecule has 0 N–H and O–H groups in total. The van der Waals surface area contributed by atoms with Gasteiger partial charge in [0, 0.05) is 5.56 Å². The van der Waals surface area contributed by atoms with Crippen molar-refractivity contribution in [2.24, 2.45) is 0 Å². The molecule has 0 aliphatic rings. The zero-order chi connectivity index (χ0) is 13.8. The zero-order valence-corrected chi connectivity index (χ0v) is 11.8.